The van der Waals surface area contributed by atoms with Crippen molar-refractivity contribution in [2.24, 2.45) is 0 Å². The molecule has 0 spiro atoms. The fourth-order valence-electron chi connectivity index (χ4n) is 1.99. The van der Waals surface area contributed by atoms with E-state index in [1.165, 1.54) is 5.56 Å². The monoisotopic (exact) mass is 283 g/mol. The first-order chi connectivity index (χ1) is 10.0. The first kappa shape index (κ1) is 14.9. The SMILES string of the molecule is Cc1cccc(NCC(=O)Nc2ccc(N(C)C)cc2)c1. The molecule has 1 amide bonds. The minimum absolute atomic E-state index is 0.0610. The zero-order chi connectivity index (χ0) is 15.2. The molecule has 4 heteroatoms. The van der Waals surface area contributed by atoms with Crippen molar-refractivity contribution in [3.05, 3.63) is 54.1 Å². The van der Waals surface area contributed by atoms with E-state index < -0.39 is 0 Å². The molecule has 2 aromatic rings. The van der Waals surface area contributed by atoms with Gasteiger partial charge in [0.2, 0.25) is 5.91 Å². The van der Waals surface area contributed by atoms with Crippen molar-refractivity contribution in [3.8, 4) is 0 Å². The minimum Gasteiger partial charge on any atom is -0.378 e. The van der Waals surface area contributed by atoms with Crippen LogP contribution in [0.2, 0.25) is 0 Å². The van der Waals surface area contributed by atoms with E-state index in [0.29, 0.717) is 0 Å². The standard InChI is InChI=1S/C17H21N3O/c1-13-5-4-6-15(11-13)18-12-17(21)19-14-7-9-16(10-8-14)20(2)3/h4-11,18H,12H2,1-3H3,(H,19,21). The van der Waals surface area contributed by atoms with Crippen LogP contribution in [-0.4, -0.2) is 26.5 Å². The summed E-state index contributed by atoms with van der Waals surface area (Å²) in [6, 6.07) is 15.7. The van der Waals surface area contributed by atoms with E-state index in [0.717, 1.165) is 17.1 Å². The quantitative estimate of drug-likeness (QED) is 0.886. The van der Waals surface area contributed by atoms with Crippen LogP contribution >= 0.6 is 0 Å². The van der Waals surface area contributed by atoms with E-state index in [4.69, 9.17) is 0 Å². The van der Waals surface area contributed by atoms with Gasteiger partial charge in [0.25, 0.3) is 0 Å². The number of aryl methyl sites for hydroxylation is 1. The van der Waals surface area contributed by atoms with Gasteiger partial charge >= 0.3 is 0 Å². The highest BCUT2D eigenvalue weighted by Crippen LogP contribution is 2.15. The lowest BCUT2D eigenvalue weighted by molar-refractivity contribution is -0.114. The molecule has 0 aliphatic heterocycles. The zero-order valence-corrected chi connectivity index (χ0v) is 12.7. The average Bonchev–Trinajstić information content (AvgIpc) is 2.46. The van der Waals surface area contributed by atoms with Crippen molar-refractivity contribution < 1.29 is 4.79 Å². The summed E-state index contributed by atoms with van der Waals surface area (Å²) in [7, 11) is 3.97. The van der Waals surface area contributed by atoms with Gasteiger partial charge in [0, 0.05) is 31.2 Å². The molecule has 21 heavy (non-hydrogen) atoms. The van der Waals surface area contributed by atoms with Crippen molar-refractivity contribution in [3.63, 3.8) is 0 Å². The summed E-state index contributed by atoms with van der Waals surface area (Å²) >= 11 is 0. The average molecular weight is 283 g/mol. The van der Waals surface area contributed by atoms with Gasteiger partial charge < -0.3 is 15.5 Å². The van der Waals surface area contributed by atoms with E-state index in [1.807, 2.05) is 74.4 Å². The second-order valence-corrected chi connectivity index (χ2v) is 5.21. The van der Waals surface area contributed by atoms with Crippen LogP contribution in [0.1, 0.15) is 5.56 Å². The zero-order valence-electron chi connectivity index (χ0n) is 12.7. The number of nitrogens with one attached hydrogen (secondary N) is 2. The predicted molar refractivity (Wildman–Crippen MR) is 89.1 cm³/mol. The molecule has 0 bridgehead atoms. The number of hydrogen-bond acceptors (Lipinski definition) is 3. The number of rotatable bonds is 5. The fourth-order valence-corrected chi connectivity index (χ4v) is 1.99. The molecule has 0 aliphatic rings. The first-order valence-electron chi connectivity index (χ1n) is 6.92. The van der Waals surface area contributed by atoms with Crippen LogP contribution in [0, 0.1) is 6.92 Å². The summed E-state index contributed by atoms with van der Waals surface area (Å²) in [5, 5.41) is 5.99. The van der Waals surface area contributed by atoms with E-state index in [1.54, 1.807) is 0 Å². The van der Waals surface area contributed by atoms with Gasteiger partial charge in [-0.25, -0.2) is 0 Å². The Hall–Kier alpha value is -2.49. The number of hydrogen-bond donors (Lipinski definition) is 2. The fraction of sp³-hybridized carbons (Fsp3) is 0.235. The maximum absolute atomic E-state index is 11.9. The van der Waals surface area contributed by atoms with Crippen LogP contribution in [0.5, 0.6) is 0 Å². The second-order valence-electron chi connectivity index (χ2n) is 5.21. The molecule has 2 rings (SSSR count). The van der Waals surface area contributed by atoms with Gasteiger partial charge in [-0.15, -0.1) is 0 Å². The van der Waals surface area contributed by atoms with Gasteiger partial charge in [-0.1, -0.05) is 12.1 Å². The summed E-state index contributed by atoms with van der Waals surface area (Å²) in [6.07, 6.45) is 0. The highest BCUT2D eigenvalue weighted by atomic mass is 16.1. The molecule has 110 valence electrons. The third-order valence-corrected chi connectivity index (χ3v) is 3.14. The van der Waals surface area contributed by atoms with Crippen LogP contribution < -0.4 is 15.5 Å². The lowest BCUT2D eigenvalue weighted by Gasteiger charge is -2.13. The number of anilines is 3. The van der Waals surface area contributed by atoms with E-state index in [-0.39, 0.29) is 12.5 Å². The molecular weight excluding hydrogens is 262 g/mol. The van der Waals surface area contributed by atoms with Gasteiger partial charge in [-0.05, 0) is 48.9 Å². The summed E-state index contributed by atoms with van der Waals surface area (Å²) < 4.78 is 0. The second kappa shape index (κ2) is 6.79. The van der Waals surface area contributed by atoms with Crippen molar-refractivity contribution in [1.82, 2.24) is 0 Å². The number of carbonyl (C=O) groups excluding carboxylic acids is 1. The number of carbonyl (C=O) groups is 1. The Kier molecular flexibility index (Phi) is 4.82. The number of benzene rings is 2. The Labute approximate surface area is 125 Å². The first-order valence-corrected chi connectivity index (χ1v) is 6.92. The predicted octanol–water partition coefficient (Wildman–Crippen LogP) is 3.11. The van der Waals surface area contributed by atoms with Crippen molar-refractivity contribution in [2.75, 3.05) is 36.2 Å². The Morgan fingerprint density at radius 3 is 2.38 bits per heavy atom. The molecule has 0 aromatic heterocycles. The molecule has 0 unspecified atom stereocenters. The number of nitrogens with zero attached hydrogens (tertiary/aromatic N) is 1. The highest BCUT2D eigenvalue weighted by molar-refractivity contribution is 5.93. The topological polar surface area (TPSA) is 44.4 Å². The van der Waals surface area contributed by atoms with E-state index >= 15 is 0 Å². The van der Waals surface area contributed by atoms with Crippen LogP contribution in [0.25, 0.3) is 0 Å². The maximum atomic E-state index is 11.9. The smallest absolute Gasteiger partial charge is 0.243 e. The maximum Gasteiger partial charge on any atom is 0.243 e. The van der Waals surface area contributed by atoms with Gasteiger partial charge in [0.15, 0.2) is 0 Å². The van der Waals surface area contributed by atoms with Gasteiger partial charge in [0.1, 0.15) is 0 Å². The van der Waals surface area contributed by atoms with E-state index in [9.17, 15) is 4.79 Å². The molecule has 0 saturated heterocycles. The Morgan fingerprint density at radius 1 is 1.05 bits per heavy atom. The summed E-state index contributed by atoms with van der Waals surface area (Å²) in [5.74, 6) is -0.0610. The third-order valence-electron chi connectivity index (χ3n) is 3.14. The van der Waals surface area contributed by atoms with Crippen molar-refractivity contribution in [2.45, 2.75) is 6.92 Å². The van der Waals surface area contributed by atoms with Gasteiger partial charge in [0.05, 0.1) is 6.54 Å². The third kappa shape index (κ3) is 4.53. The Morgan fingerprint density at radius 2 is 1.76 bits per heavy atom. The molecule has 0 heterocycles. The molecule has 0 fully saturated rings. The minimum atomic E-state index is -0.0610. The molecule has 0 saturated carbocycles. The summed E-state index contributed by atoms with van der Waals surface area (Å²) in [6.45, 7) is 2.27. The largest absolute Gasteiger partial charge is 0.378 e. The molecule has 0 aliphatic carbocycles. The van der Waals surface area contributed by atoms with Crippen LogP contribution in [0.15, 0.2) is 48.5 Å². The van der Waals surface area contributed by atoms with E-state index in [2.05, 4.69) is 10.6 Å². The lowest BCUT2D eigenvalue weighted by Crippen LogP contribution is -2.21. The van der Waals surface area contributed by atoms with Crippen molar-refractivity contribution >= 4 is 23.0 Å². The molecule has 0 radical (unpaired) electrons. The number of amides is 1. The normalized spacial score (nSPS) is 10.0. The summed E-state index contributed by atoms with van der Waals surface area (Å²) in [4.78, 5) is 13.9. The Balaban J connectivity index is 1.87. The molecular formula is C17H21N3O. The lowest BCUT2D eigenvalue weighted by atomic mass is 10.2. The molecule has 2 aromatic carbocycles. The van der Waals surface area contributed by atoms with Crippen LogP contribution in [0.3, 0.4) is 0 Å². The van der Waals surface area contributed by atoms with Crippen molar-refractivity contribution in [1.29, 1.82) is 0 Å². The summed E-state index contributed by atoms with van der Waals surface area (Å²) in [5.41, 5.74) is 4.02. The molecule has 2 N–H and O–H groups in total. The van der Waals surface area contributed by atoms with Crippen LogP contribution in [-0.2, 0) is 4.79 Å². The van der Waals surface area contributed by atoms with Crippen LogP contribution in [0.4, 0.5) is 17.1 Å². The highest BCUT2D eigenvalue weighted by Gasteiger charge is 2.03. The molecule has 0 atom stereocenters. The Bertz CT molecular complexity index is 606. The molecule has 4 nitrogen and oxygen atoms in total. The van der Waals surface area contributed by atoms with Gasteiger partial charge in [-0.3, -0.25) is 4.79 Å². The van der Waals surface area contributed by atoms with Gasteiger partial charge in [-0.2, -0.15) is 0 Å².